The van der Waals surface area contributed by atoms with Gasteiger partial charge in [0.25, 0.3) is 0 Å². The van der Waals surface area contributed by atoms with Gasteiger partial charge in [-0.1, -0.05) is 11.6 Å². The summed E-state index contributed by atoms with van der Waals surface area (Å²) in [5, 5.41) is 21.3. The van der Waals surface area contributed by atoms with Crippen LogP contribution in [-0.4, -0.2) is 39.0 Å². The zero-order chi connectivity index (χ0) is 30.3. The smallest absolute Gasteiger partial charge is 0.416 e. The fraction of sp³-hybridized carbons (Fsp3) is 0.345. The minimum Gasteiger partial charge on any atom is -0.481 e. The fourth-order valence-electron chi connectivity index (χ4n) is 5.88. The van der Waals surface area contributed by atoms with Crippen LogP contribution >= 0.6 is 11.6 Å². The number of hydrogen-bond donors (Lipinski definition) is 1. The molecule has 0 fully saturated rings. The van der Waals surface area contributed by atoms with Gasteiger partial charge in [0.2, 0.25) is 5.75 Å². The van der Waals surface area contributed by atoms with E-state index in [1.165, 1.54) is 18.2 Å². The first-order valence-electron chi connectivity index (χ1n) is 13.2. The molecule has 9 nitrogen and oxygen atoms in total. The summed E-state index contributed by atoms with van der Waals surface area (Å²) in [6.45, 7) is 0.0664. The van der Waals surface area contributed by atoms with Crippen LogP contribution in [0.25, 0.3) is 0 Å². The average molecular weight is 605 g/mol. The Bertz CT molecular complexity index is 1540. The van der Waals surface area contributed by atoms with Crippen molar-refractivity contribution >= 4 is 34.8 Å². The summed E-state index contributed by atoms with van der Waals surface area (Å²) >= 11 is 6.36. The van der Waals surface area contributed by atoms with E-state index in [1.54, 1.807) is 4.90 Å². The first-order chi connectivity index (χ1) is 19.9. The van der Waals surface area contributed by atoms with Crippen molar-refractivity contribution in [1.29, 1.82) is 0 Å². The van der Waals surface area contributed by atoms with Gasteiger partial charge >= 0.3 is 17.8 Å². The summed E-state index contributed by atoms with van der Waals surface area (Å²) < 4.78 is 45.7. The number of hydrogen-bond acceptors (Lipinski definition) is 7. The number of halogens is 4. The lowest BCUT2D eigenvalue weighted by atomic mass is 9.70. The fourth-order valence-corrected chi connectivity index (χ4v) is 6.06. The van der Waals surface area contributed by atoms with E-state index in [2.05, 4.69) is 0 Å². The number of benzene rings is 2. The maximum Gasteiger partial charge on any atom is 0.416 e. The molecule has 0 unspecified atom stereocenters. The number of carboxylic acid groups (broad SMARTS) is 1. The van der Waals surface area contributed by atoms with Crippen molar-refractivity contribution in [3.8, 4) is 11.5 Å². The van der Waals surface area contributed by atoms with E-state index in [-0.39, 0.29) is 53.7 Å². The maximum atomic E-state index is 13.5. The molecule has 1 aliphatic heterocycles. The van der Waals surface area contributed by atoms with E-state index in [1.807, 2.05) is 0 Å². The molecular formula is C29H24ClF3N2O7. The largest absolute Gasteiger partial charge is 0.481 e. The Balaban J connectivity index is 1.69. The first kappa shape index (κ1) is 29.3. The van der Waals surface area contributed by atoms with E-state index >= 15 is 0 Å². The zero-order valence-electron chi connectivity index (χ0n) is 22.0. The number of nitro benzene ring substituents is 1. The number of carboxylic acids is 1. The van der Waals surface area contributed by atoms with Crippen LogP contribution in [-0.2, 0) is 20.6 Å². The van der Waals surface area contributed by atoms with Crippen LogP contribution in [0, 0.1) is 10.1 Å². The lowest BCUT2D eigenvalue weighted by molar-refractivity contribution is -0.385. The summed E-state index contributed by atoms with van der Waals surface area (Å²) in [4.78, 5) is 51.0. The summed E-state index contributed by atoms with van der Waals surface area (Å²) in [5.41, 5.74) is -0.0764. The van der Waals surface area contributed by atoms with Crippen LogP contribution in [0.4, 0.5) is 18.9 Å². The van der Waals surface area contributed by atoms with Crippen molar-refractivity contribution in [2.24, 2.45) is 0 Å². The van der Waals surface area contributed by atoms with Gasteiger partial charge in [-0.3, -0.25) is 24.5 Å². The van der Waals surface area contributed by atoms with Crippen LogP contribution in [0.15, 0.2) is 58.9 Å². The third-order valence-electron chi connectivity index (χ3n) is 7.62. The molecule has 0 saturated heterocycles. The molecular weight excluding hydrogens is 581 g/mol. The van der Waals surface area contributed by atoms with Crippen LogP contribution in [0.3, 0.4) is 0 Å². The Morgan fingerprint density at radius 3 is 2.14 bits per heavy atom. The normalized spacial score (nSPS) is 17.8. The van der Waals surface area contributed by atoms with Gasteiger partial charge in [0.1, 0.15) is 5.75 Å². The number of nitrogens with zero attached hydrogens (tertiary/aromatic N) is 2. The average Bonchev–Trinajstić information content (AvgIpc) is 2.92. The van der Waals surface area contributed by atoms with Gasteiger partial charge in [0.05, 0.1) is 16.9 Å². The molecule has 0 spiro atoms. The molecule has 0 bridgehead atoms. The predicted octanol–water partition coefficient (Wildman–Crippen LogP) is 6.95. The first-order valence-corrected chi connectivity index (χ1v) is 13.6. The number of ether oxygens (including phenoxy) is 1. The number of Topliss-reactive ketones (excluding diaryl/α,β-unsaturated/α-hetero) is 2. The summed E-state index contributed by atoms with van der Waals surface area (Å²) in [5.74, 6) is -2.96. The Morgan fingerprint density at radius 1 is 1.00 bits per heavy atom. The molecule has 2 aliphatic carbocycles. The van der Waals surface area contributed by atoms with Gasteiger partial charge < -0.3 is 14.7 Å². The number of aliphatic carboxylic acids is 1. The van der Waals surface area contributed by atoms with E-state index in [0.29, 0.717) is 60.4 Å². The number of ketones is 2. The molecule has 3 aliphatic rings. The number of alkyl halides is 3. The highest BCUT2D eigenvalue weighted by molar-refractivity contribution is 6.30. The Labute approximate surface area is 242 Å². The molecule has 0 saturated carbocycles. The van der Waals surface area contributed by atoms with Crippen molar-refractivity contribution in [3.63, 3.8) is 0 Å². The molecule has 0 amide bonds. The second-order valence-corrected chi connectivity index (χ2v) is 10.7. The maximum absolute atomic E-state index is 13.5. The highest BCUT2D eigenvalue weighted by Crippen LogP contribution is 2.52. The van der Waals surface area contributed by atoms with Crippen molar-refractivity contribution in [2.45, 2.75) is 57.0 Å². The van der Waals surface area contributed by atoms with E-state index < -0.39 is 40.0 Å². The second kappa shape index (κ2) is 11.2. The number of allylic oxidation sites excluding steroid dienone is 4. The van der Waals surface area contributed by atoms with Gasteiger partial charge in [-0.2, -0.15) is 13.2 Å². The van der Waals surface area contributed by atoms with Gasteiger partial charge in [0.15, 0.2) is 11.6 Å². The molecule has 0 atom stereocenters. The van der Waals surface area contributed by atoms with Crippen molar-refractivity contribution < 1.29 is 42.3 Å². The SMILES string of the molecule is O=C(O)CCN1C2=C(C(=O)CCC2)C(c2cc(Cl)ccc2Oc2ccc(C(F)(F)F)cc2[N+](=O)[O-])C2=C1CCCC2=O. The lowest BCUT2D eigenvalue weighted by Gasteiger charge is -2.44. The van der Waals surface area contributed by atoms with E-state index in [9.17, 15) is 42.8 Å². The third kappa shape index (κ3) is 5.50. The van der Waals surface area contributed by atoms with E-state index in [0.717, 1.165) is 6.07 Å². The number of nitro groups is 1. The standard InChI is InChI=1S/C29H24ClF3N2O7/c30-16-8-10-23(42-24-9-7-15(29(31,32)33)13-20(24)35(40)41)17(14-16)26-27-18(3-1-5-21(27)36)34(12-11-25(38)39)19-4-2-6-22(37)28(19)26/h7-10,13-14,26H,1-6,11-12H2,(H,38,39). The molecule has 0 radical (unpaired) electrons. The number of carbonyl (C=O) groups excluding carboxylic acids is 2. The van der Waals surface area contributed by atoms with Gasteiger partial charge in [0, 0.05) is 64.5 Å². The molecule has 5 rings (SSSR count). The summed E-state index contributed by atoms with van der Waals surface area (Å²) in [7, 11) is 0. The van der Waals surface area contributed by atoms with Gasteiger partial charge in [-0.05, 0) is 56.0 Å². The molecule has 2 aromatic carbocycles. The quantitative estimate of drug-likeness (QED) is 0.266. The van der Waals surface area contributed by atoms with E-state index in [4.69, 9.17) is 16.3 Å². The topological polar surface area (TPSA) is 127 Å². The second-order valence-electron chi connectivity index (χ2n) is 10.2. The molecule has 13 heteroatoms. The zero-order valence-corrected chi connectivity index (χ0v) is 22.8. The van der Waals surface area contributed by atoms with Crippen molar-refractivity contribution in [1.82, 2.24) is 4.90 Å². The molecule has 42 heavy (non-hydrogen) atoms. The highest BCUT2D eigenvalue weighted by Gasteiger charge is 2.44. The van der Waals surface area contributed by atoms with Crippen LogP contribution in [0.5, 0.6) is 11.5 Å². The Kier molecular flexibility index (Phi) is 7.84. The number of rotatable bonds is 7. The molecule has 220 valence electrons. The summed E-state index contributed by atoms with van der Waals surface area (Å²) in [6.07, 6.45) is -2.67. The molecule has 1 heterocycles. The monoisotopic (exact) mass is 604 g/mol. The van der Waals surface area contributed by atoms with Crippen molar-refractivity contribution in [2.75, 3.05) is 6.54 Å². The molecule has 2 aromatic rings. The number of carbonyl (C=O) groups is 3. The van der Waals surface area contributed by atoms with Crippen LogP contribution in [0.1, 0.15) is 62.0 Å². The van der Waals surface area contributed by atoms with Gasteiger partial charge in [-0.25, -0.2) is 0 Å². The third-order valence-corrected chi connectivity index (χ3v) is 7.86. The Hall–Kier alpha value is -4.19. The summed E-state index contributed by atoms with van der Waals surface area (Å²) in [6, 6.07) is 6.17. The van der Waals surface area contributed by atoms with Gasteiger partial charge in [-0.15, -0.1) is 0 Å². The minimum absolute atomic E-state index is 0.0262. The van der Waals surface area contributed by atoms with Crippen LogP contribution in [0.2, 0.25) is 5.02 Å². The highest BCUT2D eigenvalue weighted by atomic mass is 35.5. The minimum atomic E-state index is -4.82. The Morgan fingerprint density at radius 2 is 1.60 bits per heavy atom. The molecule has 1 N–H and O–H groups in total. The van der Waals surface area contributed by atoms with Crippen LogP contribution < -0.4 is 4.74 Å². The lowest BCUT2D eigenvalue weighted by Crippen LogP contribution is -2.40. The van der Waals surface area contributed by atoms with Crippen molar-refractivity contribution in [3.05, 3.63) is 85.2 Å². The molecule has 0 aromatic heterocycles. The predicted molar refractivity (Wildman–Crippen MR) is 143 cm³/mol.